The van der Waals surface area contributed by atoms with Crippen LogP contribution in [0.25, 0.3) is 11.4 Å². The Kier molecular flexibility index (Phi) is 4.64. The van der Waals surface area contributed by atoms with Gasteiger partial charge in [-0.15, -0.1) is 0 Å². The second-order valence-corrected chi connectivity index (χ2v) is 6.66. The number of carboxylic acid groups (broad SMARTS) is 1. The lowest BCUT2D eigenvalue weighted by Crippen LogP contribution is -2.26. The molecule has 9 heteroatoms. The normalized spacial score (nSPS) is 15.4. The average molecular weight is 381 g/mol. The second kappa shape index (κ2) is 7.26. The summed E-state index contributed by atoms with van der Waals surface area (Å²) in [4.78, 5) is 27.6. The molecule has 28 heavy (non-hydrogen) atoms. The summed E-state index contributed by atoms with van der Waals surface area (Å²) < 4.78 is 6.40. The number of rotatable bonds is 6. The van der Waals surface area contributed by atoms with E-state index in [2.05, 4.69) is 20.6 Å². The van der Waals surface area contributed by atoms with E-state index in [-0.39, 0.29) is 18.5 Å². The summed E-state index contributed by atoms with van der Waals surface area (Å²) in [6, 6.07) is 5.85. The van der Waals surface area contributed by atoms with Crippen LogP contribution < -0.4 is 5.32 Å². The van der Waals surface area contributed by atoms with Crippen LogP contribution in [0, 0.1) is 0 Å². The number of nitrogens with zero attached hydrogens (tertiary/aromatic N) is 4. The molecule has 1 amide bonds. The number of hydrogen-bond donors (Lipinski definition) is 2. The summed E-state index contributed by atoms with van der Waals surface area (Å²) in [6.45, 7) is 1.68. The van der Waals surface area contributed by atoms with E-state index < -0.39 is 5.97 Å². The number of carbonyl (C=O) groups is 2. The van der Waals surface area contributed by atoms with Gasteiger partial charge in [0.25, 0.3) is 5.91 Å². The number of carbonyl (C=O) groups excluding carboxylic acids is 1. The van der Waals surface area contributed by atoms with Crippen LogP contribution in [0.1, 0.15) is 46.8 Å². The van der Waals surface area contributed by atoms with Gasteiger partial charge in [-0.3, -0.25) is 14.3 Å². The minimum absolute atomic E-state index is 0.101. The van der Waals surface area contributed by atoms with Gasteiger partial charge in [0.05, 0.1) is 17.8 Å². The number of nitrogens with one attached hydrogen (secondary N) is 1. The smallest absolute Gasteiger partial charge is 0.325 e. The molecule has 0 saturated heterocycles. The van der Waals surface area contributed by atoms with Gasteiger partial charge >= 0.3 is 5.97 Å². The van der Waals surface area contributed by atoms with Crippen LogP contribution in [0.4, 0.5) is 0 Å². The highest BCUT2D eigenvalue weighted by molar-refractivity contribution is 5.94. The van der Waals surface area contributed by atoms with E-state index in [4.69, 9.17) is 9.63 Å². The molecule has 0 radical (unpaired) electrons. The van der Waals surface area contributed by atoms with Gasteiger partial charge in [0.2, 0.25) is 11.7 Å². The number of benzene rings is 1. The third-order valence-electron chi connectivity index (χ3n) is 4.75. The van der Waals surface area contributed by atoms with Gasteiger partial charge in [-0.05, 0) is 30.0 Å². The zero-order chi connectivity index (χ0) is 19.7. The molecule has 144 valence electrons. The fraction of sp³-hybridized carbons (Fsp3) is 0.316. The Bertz CT molecular complexity index is 1040. The van der Waals surface area contributed by atoms with Crippen LogP contribution >= 0.6 is 0 Å². The second-order valence-electron chi connectivity index (χ2n) is 6.66. The molecule has 9 nitrogen and oxygen atoms in total. The number of aromatic nitrogens is 4. The van der Waals surface area contributed by atoms with Crippen molar-refractivity contribution in [2.75, 3.05) is 0 Å². The third-order valence-corrected chi connectivity index (χ3v) is 4.75. The van der Waals surface area contributed by atoms with E-state index in [1.54, 1.807) is 0 Å². The summed E-state index contributed by atoms with van der Waals surface area (Å²) in [5, 5.41) is 19.7. The van der Waals surface area contributed by atoms with E-state index in [1.165, 1.54) is 17.1 Å². The fourth-order valence-electron chi connectivity index (χ4n) is 3.37. The summed E-state index contributed by atoms with van der Waals surface area (Å²) in [5.74, 6) is -0.116. The van der Waals surface area contributed by atoms with Gasteiger partial charge in [0.1, 0.15) is 6.54 Å². The van der Waals surface area contributed by atoms with E-state index >= 15 is 0 Å². The predicted molar refractivity (Wildman–Crippen MR) is 97.5 cm³/mol. The first-order valence-electron chi connectivity index (χ1n) is 9.04. The highest BCUT2D eigenvalue weighted by Crippen LogP contribution is 2.33. The van der Waals surface area contributed by atoms with Crippen molar-refractivity contribution in [2.45, 2.75) is 38.8 Å². The van der Waals surface area contributed by atoms with Crippen molar-refractivity contribution in [3.63, 3.8) is 0 Å². The highest BCUT2D eigenvalue weighted by atomic mass is 16.5. The van der Waals surface area contributed by atoms with Crippen molar-refractivity contribution in [2.24, 2.45) is 0 Å². The van der Waals surface area contributed by atoms with Crippen molar-refractivity contribution in [1.29, 1.82) is 0 Å². The SMILES string of the molecule is CCc1nc(-c2ccc3c(c2)CCC3NC(=O)c2cnn(CC(=O)O)c2)no1. The van der Waals surface area contributed by atoms with Crippen molar-refractivity contribution < 1.29 is 19.2 Å². The zero-order valence-corrected chi connectivity index (χ0v) is 15.3. The van der Waals surface area contributed by atoms with Crippen molar-refractivity contribution in [1.82, 2.24) is 25.2 Å². The van der Waals surface area contributed by atoms with Gasteiger partial charge in [-0.25, -0.2) is 0 Å². The maximum atomic E-state index is 12.5. The average Bonchev–Trinajstić information content (AvgIpc) is 3.40. The molecule has 1 unspecified atom stereocenters. The molecule has 0 bridgehead atoms. The minimum Gasteiger partial charge on any atom is -0.480 e. The Hall–Kier alpha value is -3.49. The first-order valence-corrected chi connectivity index (χ1v) is 9.04. The largest absolute Gasteiger partial charge is 0.480 e. The Morgan fingerprint density at radius 1 is 1.39 bits per heavy atom. The maximum Gasteiger partial charge on any atom is 0.325 e. The van der Waals surface area contributed by atoms with Crippen LogP contribution in [0.15, 0.2) is 35.1 Å². The summed E-state index contributed by atoms with van der Waals surface area (Å²) >= 11 is 0. The fourth-order valence-corrected chi connectivity index (χ4v) is 3.37. The number of carboxylic acids is 1. The first-order chi connectivity index (χ1) is 13.5. The molecular formula is C19H19N5O4. The lowest BCUT2D eigenvalue weighted by Gasteiger charge is -2.13. The zero-order valence-electron chi connectivity index (χ0n) is 15.3. The molecule has 2 heterocycles. The third kappa shape index (κ3) is 3.51. The molecule has 0 saturated carbocycles. The monoisotopic (exact) mass is 381 g/mol. The van der Waals surface area contributed by atoms with E-state index in [0.29, 0.717) is 23.7 Å². The predicted octanol–water partition coefficient (Wildman–Crippen LogP) is 2.00. The van der Waals surface area contributed by atoms with Crippen LogP contribution in [0.3, 0.4) is 0 Å². The molecule has 1 aromatic carbocycles. The number of aryl methyl sites for hydroxylation is 2. The van der Waals surface area contributed by atoms with Crippen molar-refractivity contribution in [3.8, 4) is 11.4 Å². The van der Waals surface area contributed by atoms with E-state index in [9.17, 15) is 9.59 Å². The minimum atomic E-state index is -1.01. The molecule has 1 aliphatic rings. The molecule has 0 fully saturated rings. The van der Waals surface area contributed by atoms with Gasteiger partial charge < -0.3 is 14.9 Å². The van der Waals surface area contributed by atoms with E-state index in [1.807, 2.05) is 25.1 Å². The Morgan fingerprint density at radius 2 is 2.25 bits per heavy atom. The van der Waals surface area contributed by atoms with E-state index in [0.717, 1.165) is 29.5 Å². The quantitative estimate of drug-likeness (QED) is 0.669. The van der Waals surface area contributed by atoms with Crippen LogP contribution in [-0.4, -0.2) is 36.9 Å². The molecule has 0 spiro atoms. The number of amides is 1. The number of hydrogen-bond acceptors (Lipinski definition) is 6. The Balaban J connectivity index is 1.48. The maximum absolute atomic E-state index is 12.5. The van der Waals surface area contributed by atoms with Gasteiger partial charge in [0.15, 0.2) is 0 Å². The van der Waals surface area contributed by atoms with Gasteiger partial charge in [-0.2, -0.15) is 10.1 Å². The molecule has 4 rings (SSSR count). The molecule has 1 atom stereocenters. The molecular weight excluding hydrogens is 362 g/mol. The Morgan fingerprint density at radius 3 is 3.00 bits per heavy atom. The number of fused-ring (bicyclic) bond motifs is 1. The highest BCUT2D eigenvalue weighted by Gasteiger charge is 2.25. The topological polar surface area (TPSA) is 123 Å². The lowest BCUT2D eigenvalue weighted by molar-refractivity contribution is -0.137. The van der Waals surface area contributed by atoms with Crippen molar-refractivity contribution >= 4 is 11.9 Å². The van der Waals surface area contributed by atoms with Gasteiger partial charge in [0, 0.05) is 18.2 Å². The van der Waals surface area contributed by atoms with Gasteiger partial charge in [-0.1, -0.05) is 24.2 Å². The van der Waals surface area contributed by atoms with Crippen LogP contribution in [0.2, 0.25) is 0 Å². The molecule has 3 aromatic rings. The first kappa shape index (κ1) is 17.9. The number of aliphatic carboxylic acids is 1. The van der Waals surface area contributed by atoms with Crippen LogP contribution in [-0.2, 0) is 24.2 Å². The Labute approximate surface area is 160 Å². The molecule has 2 N–H and O–H groups in total. The van der Waals surface area contributed by atoms with Crippen molar-refractivity contribution in [3.05, 3.63) is 53.2 Å². The molecule has 2 aromatic heterocycles. The molecule has 1 aliphatic carbocycles. The standard InChI is InChI=1S/C19H19N5O4/c1-2-16-22-18(23-28-16)12-3-5-14-11(7-12)4-6-15(14)21-19(27)13-8-20-24(9-13)10-17(25)26/h3,5,7-9,15H,2,4,6,10H2,1H3,(H,21,27)(H,25,26). The summed E-state index contributed by atoms with van der Waals surface area (Å²) in [6.07, 6.45) is 5.13. The lowest BCUT2D eigenvalue weighted by atomic mass is 10.0. The summed E-state index contributed by atoms with van der Waals surface area (Å²) in [7, 11) is 0. The summed E-state index contributed by atoms with van der Waals surface area (Å²) in [5.41, 5.74) is 3.44. The molecule has 0 aliphatic heterocycles. The van der Waals surface area contributed by atoms with Crippen LogP contribution in [0.5, 0.6) is 0 Å².